The number of hydrogen-bond acceptors (Lipinski definition) is 3. The number of fused-ring (bicyclic) bond motifs is 1. The molecule has 0 saturated carbocycles. The molecule has 0 aliphatic rings. The summed E-state index contributed by atoms with van der Waals surface area (Å²) in [4.78, 5) is 15.3. The van der Waals surface area contributed by atoms with Crippen LogP contribution in [0.2, 0.25) is 0 Å². The van der Waals surface area contributed by atoms with E-state index in [1.165, 1.54) is 0 Å². The quantitative estimate of drug-likeness (QED) is 0.906. The summed E-state index contributed by atoms with van der Waals surface area (Å²) in [6.45, 7) is 4.40. The SMILES string of the molecule is CCS(=O)CCn1c(C)nc2cc(C(=O)O)ccc21. The summed E-state index contributed by atoms with van der Waals surface area (Å²) in [5, 5.41) is 8.95. The normalized spacial score (nSPS) is 12.7. The molecule has 0 aliphatic heterocycles. The van der Waals surface area contributed by atoms with E-state index < -0.39 is 16.8 Å². The molecular weight excluding hydrogens is 264 g/mol. The van der Waals surface area contributed by atoms with Crippen molar-refractivity contribution in [3.63, 3.8) is 0 Å². The van der Waals surface area contributed by atoms with E-state index >= 15 is 0 Å². The van der Waals surface area contributed by atoms with Crippen LogP contribution in [-0.2, 0) is 17.3 Å². The summed E-state index contributed by atoms with van der Waals surface area (Å²) in [6.07, 6.45) is 0. The van der Waals surface area contributed by atoms with Gasteiger partial charge in [-0.3, -0.25) is 4.21 Å². The highest BCUT2D eigenvalue weighted by molar-refractivity contribution is 7.84. The molecule has 0 radical (unpaired) electrons. The van der Waals surface area contributed by atoms with Crippen LogP contribution in [0.4, 0.5) is 0 Å². The van der Waals surface area contributed by atoms with Crippen LogP contribution in [0, 0.1) is 6.92 Å². The maximum absolute atomic E-state index is 11.5. The van der Waals surface area contributed by atoms with Crippen LogP contribution in [0.5, 0.6) is 0 Å². The van der Waals surface area contributed by atoms with Gasteiger partial charge in [0.2, 0.25) is 0 Å². The lowest BCUT2D eigenvalue weighted by molar-refractivity contribution is 0.0697. The molecule has 0 spiro atoms. The number of carboxylic acid groups (broad SMARTS) is 1. The molecule has 0 amide bonds. The highest BCUT2D eigenvalue weighted by Crippen LogP contribution is 2.18. The highest BCUT2D eigenvalue weighted by atomic mass is 32.2. The van der Waals surface area contributed by atoms with Crippen LogP contribution in [0.15, 0.2) is 18.2 Å². The molecule has 0 aliphatic carbocycles. The fraction of sp³-hybridized carbons (Fsp3) is 0.385. The number of nitrogens with zero attached hydrogens (tertiary/aromatic N) is 2. The Morgan fingerprint density at radius 2 is 2.21 bits per heavy atom. The summed E-state index contributed by atoms with van der Waals surface area (Å²) in [5.74, 6) is 1.09. The topological polar surface area (TPSA) is 72.2 Å². The predicted molar refractivity (Wildman–Crippen MR) is 75.0 cm³/mol. The number of benzene rings is 1. The second kappa shape index (κ2) is 5.52. The van der Waals surface area contributed by atoms with Crippen LogP contribution in [-0.4, -0.2) is 36.3 Å². The second-order valence-electron chi connectivity index (χ2n) is 4.25. The Kier molecular flexibility index (Phi) is 3.99. The monoisotopic (exact) mass is 280 g/mol. The number of rotatable bonds is 5. The van der Waals surface area contributed by atoms with E-state index in [0.29, 0.717) is 23.6 Å². The van der Waals surface area contributed by atoms with Gasteiger partial charge in [0, 0.05) is 28.9 Å². The molecule has 0 saturated heterocycles. The molecule has 1 heterocycles. The van der Waals surface area contributed by atoms with Gasteiger partial charge in [0.05, 0.1) is 16.6 Å². The van der Waals surface area contributed by atoms with E-state index in [1.807, 2.05) is 18.4 Å². The van der Waals surface area contributed by atoms with Crippen molar-refractivity contribution in [2.75, 3.05) is 11.5 Å². The summed E-state index contributed by atoms with van der Waals surface area (Å²) >= 11 is 0. The van der Waals surface area contributed by atoms with Gasteiger partial charge in [-0.1, -0.05) is 6.92 Å². The lowest BCUT2D eigenvalue weighted by Gasteiger charge is -2.06. The molecule has 1 N–H and O–H groups in total. The number of hydrogen-bond donors (Lipinski definition) is 1. The number of aromatic carboxylic acids is 1. The first-order chi connectivity index (χ1) is 9.02. The average molecular weight is 280 g/mol. The molecule has 5 nitrogen and oxygen atoms in total. The predicted octanol–water partition coefficient (Wildman–Crippen LogP) is 1.81. The number of aryl methyl sites for hydroxylation is 2. The number of carbonyl (C=O) groups is 1. The summed E-state index contributed by atoms with van der Waals surface area (Å²) in [5.41, 5.74) is 1.78. The Morgan fingerprint density at radius 3 is 2.84 bits per heavy atom. The van der Waals surface area contributed by atoms with Crippen molar-refractivity contribution in [3.05, 3.63) is 29.6 Å². The molecule has 0 fully saturated rings. The minimum atomic E-state index is -0.957. The highest BCUT2D eigenvalue weighted by Gasteiger charge is 2.11. The van der Waals surface area contributed by atoms with E-state index in [4.69, 9.17) is 5.11 Å². The van der Waals surface area contributed by atoms with Gasteiger partial charge < -0.3 is 9.67 Å². The number of aromatic nitrogens is 2. The van der Waals surface area contributed by atoms with Crippen molar-refractivity contribution in [2.45, 2.75) is 20.4 Å². The van der Waals surface area contributed by atoms with Crippen molar-refractivity contribution in [2.24, 2.45) is 0 Å². The molecule has 1 aromatic heterocycles. The molecule has 102 valence electrons. The Hall–Kier alpha value is -1.69. The van der Waals surface area contributed by atoms with Gasteiger partial charge in [-0.2, -0.15) is 0 Å². The largest absolute Gasteiger partial charge is 0.478 e. The third-order valence-corrected chi connectivity index (χ3v) is 4.33. The second-order valence-corrected chi connectivity index (χ2v) is 6.12. The molecule has 1 unspecified atom stereocenters. The third-order valence-electron chi connectivity index (χ3n) is 3.05. The van der Waals surface area contributed by atoms with E-state index in [1.54, 1.807) is 18.2 Å². The first-order valence-corrected chi connectivity index (χ1v) is 7.57. The molecule has 19 heavy (non-hydrogen) atoms. The van der Waals surface area contributed by atoms with Crippen molar-refractivity contribution >= 4 is 27.8 Å². The summed E-state index contributed by atoms with van der Waals surface area (Å²) < 4.78 is 13.5. The molecule has 1 aromatic carbocycles. The third kappa shape index (κ3) is 2.84. The van der Waals surface area contributed by atoms with Crippen LogP contribution < -0.4 is 0 Å². The minimum absolute atomic E-state index is 0.231. The lowest BCUT2D eigenvalue weighted by atomic mass is 10.2. The zero-order valence-electron chi connectivity index (χ0n) is 10.9. The van der Waals surface area contributed by atoms with Gasteiger partial charge in [0.1, 0.15) is 5.82 Å². The fourth-order valence-electron chi connectivity index (χ4n) is 2.00. The summed E-state index contributed by atoms with van der Waals surface area (Å²) in [7, 11) is -0.817. The van der Waals surface area contributed by atoms with Gasteiger partial charge in [-0.25, -0.2) is 9.78 Å². The van der Waals surface area contributed by atoms with Crippen LogP contribution in [0.1, 0.15) is 23.1 Å². The average Bonchev–Trinajstić information content (AvgIpc) is 2.70. The summed E-state index contributed by atoms with van der Waals surface area (Å²) in [6, 6.07) is 4.89. The van der Waals surface area contributed by atoms with Crippen molar-refractivity contribution in [1.29, 1.82) is 0 Å². The maximum Gasteiger partial charge on any atom is 0.335 e. The van der Waals surface area contributed by atoms with Gasteiger partial charge in [0.25, 0.3) is 0 Å². The van der Waals surface area contributed by atoms with Crippen molar-refractivity contribution in [1.82, 2.24) is 9.55 Å². The standard InChI is InChI=1S/C13H16N2O3S/c1-3-19(18)7-6-15-9(2)14-11-8-10(13(16)17)4-5-12(11)15/h4-5,8H,3,6-7H2,1-2H3,(H,16,17). The molecule has 1 atom stereocenters. The van der Waals surface area contributed by atoms with E-state index in [0.717, 1.165) is 11.3 Å². The minimum Gasteiger partial charge on any atom is -0.478 e. The van der Waals surface area contributed by atoms with Gasteiger partial charge >= 0.3 is 5.97 Å². The maximum atomic E-state index is 11.5. The Balaban J connectivity index is 2.36. The van der Waals surface area contributed by atoms with Crippen LogP contribution >= 0.6 is 0 Å². The number of imidazole rings is 1. The zero-order valence-corrected chi connectivity index (χ0v) is 11.7. The fourth-order valence-corrected chi connectivity index (χ4v) is 2.68. The van der Waals surface area contributed by atoms with Crippen molar-refractivity contribution < 1.29 is 14.1 Å². The molecule has 2 aromatic rings. The Morgan fingerprint density at radius 1 is 1.47 bits per heavy atom. The lowest BCUT2D eigenvalue weighted by Crippen LogP contribution is -2.10. The van der Waals surface area contributed by atoms with E-state index in [2.05, 4.69) is 4.98 Å². The van der Waals surface area contributed by atoms with Crippen LogP contribution in [0.3, 0.4) is 0 Å². The van der Waals surface area contributed by atoms with Crippen molar-refractivity contribution in [3.8, 4) is 0 Å². The smallest absolute Gasteiger partial charge is 0.335 e. The van der Waals surface area contributed by atoms with Gasteiger partial charge in [0.15, 0.2) is 0 Å². The Labute approximate surface area is 113 Å². The van der Waals surface area contributed by atoms with Gasteiger partial charge in [-0.05, 0) is 25.1 Å². The Bertz CT molecular complexity index is 649. The van der Waals surface area contributed by atoms with E-state index in [-0.39, 0.29) is 5.56 Å². The first kappa shape index (κ1) is 13.7. The van der Waals surface area contributed by atoms with Crippen LogP contribution in [0.25, 0.3) is 11.0 Å². The molecular formula is C13H16N2O3S. The molecule has 0 bridgehead atoms. The molecule has 2 rings (SSSR count). The first-order valence-electron chi connectivity index (χ1n) is 6.08. The zero-order chi connectivity index (χ0) is 14.0. The number of carboxylic acids is 1. The molecule has 6 heteroatoms. The van der Waals surface area contributed by atoms with E-state index in [9.17, 15) is 9.00 Å². The van der Waals surface area contributed by atoms with Gasteiger partial charge in [-0.15, -0.1) is 0 Å².